The first-order chi connectivity index (χ1) is 18.6. The van der Waals surface area contributed by atoms with Gasteiger partial charge in [0.05, 0.1) is 18.9 Å². The van der Waals surface area contributed by atoms with E-state index in [-0.39, 0.29) is 6.04 Å². The lowest BCUT2D eigenvalue weighted by Crippen LogP contribution is -2.43. The van der Waals surface area contributed by atoms with E-state index >= 15 is 0 Å². The Kier molecular flexibility index (Phi) is 7.53. The molecule has 1 N–H and O–H groups in total. The number of piperidine rings is 1. The Morgan fingerprint density at radius 2 is 1.89 bits per heavy atom. The summed E-state index contributed by atoms with van der Waals surface area (Å²) in [6, 6.07) is 8.16. The standard InChI is InChI=1S/C32H42N4O2/c1-21(2)31-27-17-23(22-9-13-36(14-10-22)26-11-15-38-16-12-26)7-8-28(27)35-32(31)24-5-4-6-25-19-29(34-20-33-25)30(18-24)37-3/h5,7-8,17-18,20-22,25-26,35H,4,6,9-16,19H2,1-3H3/b24-5+,30-18+. The van der Waals surface area contributed by atoms with E-state index in [1.807, 2.05) is 0 Å². The molecule has 1 aromatic heterocycles. The number of rotatable bonds is 5. The number of nitrogens with zero attached hydrogens (tertiary/aromatic N) is 3. The topological polar surface area (TPSA) is 62.2 Å². The van der Waals surface area contributed by atoms with Crippen LogP contribution < -0.4 is 0 Å². The number of nitrogens with one attached hydrogen (secondary N) is 1. The number of allylic oxidation sites excluding steroid dienone is 4. The maximum atomic E-state index is 5.85. The third-order valence-electron chi connectivity index (χ3n) is 9.01. The summed E-state index contributed by atoms with van der Waals surface area (Å²) in [4.78, 5) is 15.7. The number of aromatic nitrogens is 1. The summed E-state index contributed by atoms with van der Waals surface area (Å²) in [7, 11) is 1.75. The molecule has 0 saturated carbocycles. The Labute approximate surface area is 226 Å². The molecule has 0 amide bonds. The summed E-state index contributed by atoms with van der Waals surface area (Å²) >= 11 is 0. The Bertz CT molecular complexity index is 1270. The number of hydrogen-bond acceptors (Lipinski definition) is 5. The minimum absolute atomic E-state index is 0.282. The number of fused-ring (bicyclic) bond motifs is 3. The van der Waals surface area contributed by atoms with Crippen LogP contribution in [0.5, 0.6) is 0 Å². The molecule has 6 heteroatoms. The van der Waals surface area contributed by atoms with Crippen molar-refractivity contribution in [2.24, 2.45) is 9.98 Å². The summed E-state index contributed by atoms with van der Waals surface area (Å²) in [6.45, 7) is 8.88. The van der Waals surface area contributed by atoms with E-state index < -0.39 is 0 Å². The molecule has 4 heterocycles. The second kappa shape index (κ2) is 11.2. The molecule has 1 atom stereocenters. The van der Waals surface area contributed by atoms with Crippen LogP contribution in [0.15, 0.2) is 46.1 Å². The SMILES string of the molecule is CO/C1=C/C(c2[nH]c3ccc(C4CCN(C5CCOCC5)CC4)cc3c2C(C)C)=C\CCC2CC1=NC=N2. The first-order valence-electron chi connectivity index (χ1n) is 14.6. The minimum atomic E-state index is 0.282. The van der Waals surface area contributed by atoms with Crippen LogP contribution in [0.4, 0.5) is 0 Å². The molecule has 38 heavy (non-hydrogen) atoms. The van der Waals surface area contributed by atoms with Gasteiger partial charge in [-0.15, -0.1) is 0 Å². The predicted octanol–water partition coefficient (Wildman–Crippen LogP) is 6.60. The lowest BCUT2D eigenvalue weighted by atomic mass is 9.86. The lowest BCUT2D eigenvalue weighted by Gasteiger charge is -2.39. The highest BCUT2D eigenvalue weighted by Crippen LogP contribution is 2.38. The molecule has 6 rings (SSSR count). The van der Waals surface area contributed by atoms with Gasteiger partial charge in [0, 0.05) is 42.3 Å². The summed E-state index contributed by atoms with van der Waals surface area (Å²) in [6.07, 6.45) is 14.0. The summed E-state index contributed by atoms with van der Waals surface area (Å²) in [5.41, 5.74) is 7.53. The lowest BCUT2D eigenvalue weighted by molar-refractivity contribution is 0.0252. The van der Waals surface area contributed by atoms with Gasteiger partial charge in [-0.05, 0) is 98.4 Å². The number of H-pyrrole nitrogens is 1. The highest BCUT2D eigenvalue weighted by atomic mass is 16.5. The average Bonchev–Trinajstić information content (AvgIpc) is 3.36. The van der Waals surface area contributed by atoms with Crippen LogP contribution in [0, 0.1) is 0 Å². The van der Waals surface area contributed by atoms with Crippen LogP contribution in [0.2, 0.25) is 0 Å². The fraction of sp³-hybridized carbons (Fsp3) is 0.562. The maximum absolute atomic E-state index is 5.85. The summed E-state index contributed by atoms with van der Waals surface area (Å²) < 4.78 is 11.4. The van der Waals surface area contributed by atoms with E-state index in [9.17, 15) is 0 Å². The first-order valence-corrected chi connectivity index (χ1v) is 14.6. The molecular weight excluding hydrogens is 472 g/mol. The van der Waals surface area contributed by atoms with Gasteiger partial charge in [-0.3, -0.25) is 4.99 Å². The van der Waals surface area contributed by atoms with Crippen LogP contribution in [0.1, 0.15) is 87.4 Å². The number of benzene rings is 1. The monoisotopic (exact) mass is 514 g/mol. The van der Waals surface area contributed by atoms with Crippen molar-refractivity contribution >= 4 is 28.5 Å². The highest BCUT2D eigenvalue weighted by molar-refractivity contribution is 6.05. The Balaban J connectivity index is 1.30. The smallest absolute Gasteiger partial charge is 0.141 e. The molecule has 202 valence electrons. The van der Waals surface area contributed by atoms with Crippen molar-refractivity contribution in [3.05, 3.63) is 52.9 Å². The zero-order chi connectivity index (χ0) is 26.1. The quantitative estimate of drug-likeness (QED) is 0.489. The normalized spacial score (nSPS) is 26.7. The second-order valence-corrected chi connectivity index (χ2v) is 11.7. The van der Waals surface area contributed by atoms with Crippen molar-refractivity contribution in [2.45, 2.75) is 82.7 Å². The fourth-order valence-corrected chi connectivity index (χ4v) is 6.89. The molecular formula is C32H42N4O2. The molecule has 6 nitrogen and oxygen atoms in total. The van der Waals surface area contributed by atoms with Gasteiger partial charge in [0.2, 0.25) is 0 Å². The van der Waals surface area contributed by atoms with Crippen LogP contribution >= 0.6 is 0 Å². The van der Waals surface area contributed by atoms with Gasteiger partial charge in [0.25, 0.3) is 0 Å². The fourth-order valence-electron chi connectivity index (χ4n) is 6.89. The van der Waals surface area contributed by atoms with Crippen molar-refractivity contribution in [1.29, 1.82) is 0 Å². The van der Waals surface area contributed by atoms with Crippen molar-refractivity contribution in [2.75, 3.05) is 33.4 Å². The molecule has 2 aromatic rings. The number of ether oxygens (including phenoxy) is 2. The molecule has 0 spiro atoms. The molecule has 3 aliphatic heterocycles. The second-order valence-electron chi connectivity index (χ2n) is 11.7. The molecule has 2 saturated heterocycles. The Morgan fingerprint density at radius 3 is 2.66 bits per heavy atom. The third kappa shape index (κ3) is 5.13. The largest absolute Gasteiger partial charge is 0.495 e. The van der Waals surface area contributed by atoms with E-state index in [4.69, 9.17) is 9.47 Å². The third-order valence-corrected chi connectivity index (χ3v) is 9.01. The van der Waals surface area contributed by atoms with Gasteiger partial charge >= 0.3 is 0 Å². The molecule has 1 aromatic carbocycles. The van der Waals surface area contributed by atoms with Crippen LogP contribution in [0.25, 0.3) is 16.5 Å². The molecule has 4 aliphatic rings. The summed E-state index contributed by atoms with van der Waals surface area (Å²) in [5, 5.41) is 1.37. The van der Waals surface area contributed by atoms with E-state index in [0.29, 0.717) is 11.8 Å². The van der Waals surface area contributed by atoms with E-state index in [1.54, 1.807) is 13.4 Å². The van der Waals surface area contributed by atoms with Crippen molar-refractivity contribution in [1.82, 2.24) is 9.88 Å². The average molecular weight is 515 g/mol. The number of hydrogen-bond donors (Lipinski definition) is 1. The van der Waals surface area contributed by atoms with Crippen LogP contribution in [-0.4, -0.2) is 67.4 Å². The van der Waals surface area contributed by atoms with Crippen LogP contribution in [-0.2, 0) is 9.47 Å². The highest BCUT2D eigenvalue weighted by Gasteiger charge is 2.28. The van der Waals surface area contributed by atoms with Crippen molar-refractivity contribution in [3.63, 3.8) is 0 Å². The van der Waals surface area contributed by atoms with Gasteiger partial charge in [0.15, 0.2) is 0 Å². The van der Waals surface area contributed by atoms with E-state index in [1.165, 1.54) is 72.1 Å². The molecule has 0 radical (unpaired) electrons. The molecule has 1 unspecified atom stereocenters. The van der Waals surface area contributed by atoms with Gasteiger partial charge in [-0.1, -0.05) is 26.0 Å². The number of likely N-dealkylation sites (tertiary alicyclic amines) is 1. The van der Waals surface area contributed by atoms with Gasteiger partial charge in [-0.25, -0.2) is 4.99 Å². The minimum Gasteiger partial charge on any atom is -0.495 e. The van der Waals surface area contributed by atoms with E-state index in [2.05, 4.69) is 64.1 Å². The van der Waals surface area contributed by atoms with Crippen molar-refractivity contribution in [3.8, 4) is 0 Å². The number of aliphatic imine (C=N–C) groups is 2. The molecule has 2 bridgehead atoms. The van der Waals surface area contributed by atoms with Crippen molar-refractivity contribution < 1.29 is 9.47 Å². The number of methoxy groups -OCH3 is 1. The van der Waals surface area contributed by atoms with Gasteiger partial charge in [-0.2, -0.15) is 0 Å². The molecule has 2 fully saturated rings. The van der Waals surface area contributed by atoms with Gasteiger partial charge < -0.3 is 19.4 Å². The Hall–Kier alpha value is -2.70. The van der Waals surface area contributed by atoms with Gasteiger partial charge in [0.1, 0.15) is 12.1 Å². The zero-order valence-electron chi connectivity index (χ0n) is 23.2. The number of aromatic amines is 1. The Morgan fingerprint density at radius 1 is 1.08 bits per heavy atom. The maximum Gasteiger partial charge on any atom is 0.141 e. The van der Waals surface area contributed by atoms with Crippen LogP contribution in [0.3, 0.4) is 0 Å². The molecule has 1 aliphatic carbocycles. The first kappa shape index (κ1) is 25.6. The zero-order valence-corrected chi connectivity index (χ0v) is 23.2. The summed E-state index contributed by atoms with van der Waals surface area (Å²) in [5.74, 6) is 1.88. The predicted molar refractivity (Wildman–Crippen MR) is 156 cm³/mol. The van der Waals surface area contributed by atoms with E-state index in [0.717, 1.165) is 50.0 Å².